The number of hydrogen-bond donors (Lipinski definition) is 1. The van der Waals surface area contributed by atoms with Crippen molar-refractivity contribution in [3.63, 3.8) is 0 Å². The minimum absolute atomic E-state index is 0.234. The molecule has 1 heterocycles. The first-order valence-corrected chi connectivity index (χ1v) is 8.33. The Bertz CT molecular complexity index is 519. The molecule has 0 aliphatic carbocycles. The van der Waals surface area contributed by atoms with Crippen LogP contribution < -0.4 is 5.32 Å². The molecule has 0 saturated heterocycles. The maximum absolute atomic E-state index is 4.45. The summed E-state index contributed by atoms with van der Waals surface area (Å²) >= 11 is 2.34. The molecule has 4 heteroatoms. The molecule has 1 N–H and O–H groups in total. The average Bonchev–Trinajstić information content (AvgIpc) is 2.90. The second-order valence-electron chi connectivity index (χ2n) is 4.98. The fraction of sp³-hybridized carbons (Fsp3) is 0.438. The van der Waals surface area contributed by atoms with Crippen molar-refractivity contribution in [3.8, 4) is 0 Å². The largest absolute Gasteiger partial charge is 0.306 e. The summed E-state index contributed by atoms with van der Waals surface area (Å²) in [6.45, 7) is 6.36. The molecule has 0 saturated carbocycles. The van der Waals surface area contributed by atoms with Crippen LogP contribution in [0.4, 0.5) is 0 Å². The zero-order chi connectivity index (χ0) is 14.4. The van der Waals surface area contributed by atoms with E-state index in [-0.39, 0.29) is 6.04 Å². The number of hydrogen-bond acceptors (Lipinski definition) is 2. The van der Waals surface area contributed by atoms with E-state index in [9.17, 15) is 0 Å². The lowest BCUT2D eigenvalue weighted by Crippen LogP contribution is -2.22. The van der Waals surface area contributed by atoms with Gasteiger partial charge in [-0.25, -0.2) is 0 Å². The van der Waals surface area contributed by atoms with Gasteiger partial charge in [0.05, 0.1) is 12.2 Å². The second kappa shape index (κ2) is 7.78. The van der Waals surface area contributed by atoms with Gasteiger partial charge in [-0.05, 0) is 59.7 Å². The highest BCUT2D eigenvalue weighted by atomic mass is 127. The first-order valence-electron chi connectivity index (χ1n) is 7.25. The summed E-state index contributed by atoms with van der Waals surface area (Å²) in [4.78, 5) is 0. The van der Waals surface area contributed by atoms with E-state index in [2.05, 4.69) is 77.3 Å². The van der Waals surface area contributed by atoms with Crippen molar-refractivity contribution >= 4 is 22.6 Å². The van der Waals surface area contributed by atoms with Crippen LogP contribution in [0.15, 0.2) is 36.7 Å². The molecule has 0 amide bonds. The van der Waals surface area contributed by atoms with Gasteiger partial charge in [0.15, 0.2) is 0 Å². The number of nitrogens with zero attached hydrogens (tertiary/aromatic N) is 2. The molecule has 0 aliphatic rings. The van der Waals surface area contributed by atoms with Gasteiger partial charge in [0, 0.05) is 21.9 Å². The van der Waals surface area contributed by atoms with E-state index in [0.29, 0.717) is 0 Å². The van der Waals surface area contributed by atoms with Crippen LogP contribution >= 0.6 is 22.6 Å². The van der Waals surface area contributed by atoms with Gasteiger partial charge in [0.2, 0.25) is 0 Å². The predicted molar refractivity (Wildman–Crippen MR) is 91.8 cm³/mol. The molecule has 1 atom stereocenters. The molecule has 2 rings (SSSR count). The molecular weight excluding hydrogens is 361 g/mol. The summed E-state index contributed by atoms with van der Waals surface area (Å²) in [6.07, 6.45) is 6.39. The average molecular weight is 383 g/mol. The van der Waals surface area contributed by atoms with E-state index in [1.807, 2.05) is 10.9 Å². The van der Waals surface area contributed by atoms with Crippen molar-refractivity contribution in [3.05, 3.63) is 51.4 Å². The molecule has 0 aliphatic heterocycles. The van der Waals surface area contributed by atoms with Gasteiger partial charge in [-0.1, -0.05) is 26.0 Å². The Morgan fingerprint density at radius 3 is 2.55 bits per heavy atom. The van der Waals surface area contributed by atoms with Gasteiger partial charge in [-0.3, -0.25) is 4.68 Å². The lowest BCUT2D eigenvalue weighted by Gasteiger charge is -2.17. The molecule has 108 valence electrons. The third kappa shape index (κ3) is 4.06. The summed E-state index contributed by atoms with van der Waals surface area (Å²) in [6, 6.07) is 8.95. The van der Waals surface area contributed by atoms with Crippen LogP contribution in [-0.4, -0.2) is 16.3 Å². The monoisotopic (exact) mass is 383 g/mol. The molecular formula is C16H22IN3. The first-order chi connectivity index (χ1) is 9.74. The van der Waals surface area contributed by atoms with Crippen LogP contribution in [0.5, 0.6) is 0 Å². The fourth-order valence-electron chi connectivity index (χ4n) is 2.25. The lowest BCUT2D eigenvalue weighted by atomic mass is 10.0. The molecule has 2 aromatic rings. The summed E-state index contributed by atoms with van der Waals surface area (Å²) < 4.78 is 3.30. The van der Waals surface area contributed by atoms with E-state index in [1.165, 1.54) is 14.7 Å². The smallest absolute Gasteiger partial charge is 0.0607 e. The molecule has 3 nitrogen and oxygen atoms in total. The molecule has 1 unspecified atom stereocenters. The Hall–Kier alpha value is -0.880. The molecule has 0 fully saturated rings. The molecule has 0 radical (unpaired) electrons. The minimum atomic E-state index is 0.234. The number of aryl methyl sites for hydroxylation is 1. The molecule has 20 heavy (non-hydrogen) atoms. The SMILES string of the molecule is CCCNC(c1ccc(I)cc1)c1cnn(CCC)c1. The summed E-state index contributed by atoms with van der Waals surface area (Å²) in [5.41, 5.74) is 2.54. The quantitative estimate of drug-likeness (QED) is 0.733. The fourth-order valence-corrected chi connectivity index (χ4v) is 2.61. The number of halogens is 1. The van der Waals surface area contributed by atoms with Crippen LogP contribution in [0.25, 0.3) is 0 Å². The lowest BCUT2D eigenvalue weighted by molar-refractivity contribution is 0.588. The summed E-state index contributed by atoms with van der Waals surface area (Å²) in [7, 11) is 0. The maximum Gasteiger partial charge on any atom is 0.0607 e. The minimum Gasteiger partial charge on any atom is -0.306 e. The number of aromatic nitrogens is 2. The normalized spacial score (nSPS) is 12.6. The van der Waals surface area contributed by atoms with Crippen molar-refractivity contribution < 1.29 is 0 Å². The van der Waals surface area contributed by atoms with E-state index < -0.39 is 0 Å². The summed E-state index contributed by atoms with van der Waals surface area (Å²) in [5.74, 6) is 0. The van der Waals surface area contributed by atoms with Crippen molar-refractivity contribution in [1.82, 2.24) is 15.1 Å². The molecule has 0 spiro atoms. The van der Waals surface area contributed by atoms with Gasteiger partial charge in [0.25, 0.3) is 0 Å². The highest BCUT2D eigenvalue weighted by Crippen LogP contribution is 2.22. The number of rotatable bonds is 7. The van der Waals surface area contributed by atoms with Crippen LogP contribution in [0.2, 0.25) is 0 Å². The van der Waals surface area contributed by atoms with Crippen molar-refractivity contribution in [2.45, 2.75) is 39.3 Å². The highest BCUT2D eigenvalue weighted by molar-refractivity contribution is 14.1. The highest BCUT2D eigenvalue weighted by Gasteiger charge is 2.15. The van der Waals surface area contributed by atoms with E-state index in [4.69, 9.17) is 0 Å². The zero-order valence-corrected chi connectivity index (χ0v) is 14.3. The standard InChI is InChI=1S/C16H22IN3/c1-3-9-18-16(13-5-7-15(17)8-6-13)14-11-19-20(12-14)10-4-2/h5-8,11-12,16,18H,3-4,9-10H2,1-2H3. The van der Waals surface area contributed by atoms with Crippen molar-refractivity contribution in [2.24, 2.45) is 0 Å². The Morgan fingerprint density at radius 1 is 1.15 bits per heavy atom. The topological polar surface area (TPSA) is 29.9 Å². The molecule has 0 bridgehead atoms. The van der Waals surface area contributed by atoms with E-state index in [1.54, 1.807) is 0 Å². The number of nitrogens with one attached hydrogen (secondary N) is 1. The van der Waals surface area contributed by atoms with E-state index >= 15 is 0 Å². The van der Waals surface area contributed by atoms with Crippen LogP contribution in [-0.2, 0) is 6.54 Å². The number of benzene rings is 1. The van der Waals surface area contributed by atoms with Gasteiger partial charge >= 0.3 is 0 Å². The third-order valence-electron chi connectivity index (χ3n) is 3.24. The van der Waals surface area contributed by atoms with Crippen molar-refractivity contribution in [2.75, 3.05) is 6.54 Å². The van der Waals surface area contributed by atoms with Crippen LogP contribution in [0.1, 0.15) is 43.9 Å². The molecule has 1 aromatic heterocycles. The summed E-state index contributed by atoms with van der Waals surface area (Å²) in [5, 5.41) is 8.07. The van der Waals surface area contributed by atoms with E-state index in [0.717, 1.165) is 25.9 Å². The zero-order valence-electron chi connectivity index (χ0n) is 12.1. The van der Waals surface area contributed by atoms with Gasteiger partial charge in [0.1, 0.15) is 0 Å². The Balaban J connectivity index is 2.23. The van der Waals surface area contributed by atoms with Crippen LogP contribution in [0.3, 0.4) is 0 Å². The Morgan fingerprint density at radius 2 is 1.90 bits per heavy atom. The van der Waals surface area contributed by atoms with Crippen LogP contribution in [0, 0.1) is 3.57 Å². The Kier molecular flexibility index (Phi) is 6.04. The molecule has 1 aromatic carbocycles. The Labute approximate surface area is 134 Å². The second-order valence-corrected chi connectivity index (χ2v) is 6.22. The van der Waals surface area contributed by atoms with Crippen molar-refractivity contribution in [1.29, 1.82) is 0 Å². The van der Waals surface area contributed by atoms with Gasteiger partial charge in [-0.15, -0.1) is 0 Å². The third-order valence-corrected chi connectivity index (χ3v) is 3.96. The maximum atomic E-state index is 4.45. The predicted octanol–water partition coefficient (Wildman–Crippen LogP) is 3.99. The van der Waals surface area contributed by atoms with Gasteiger partial charge in [-0.2, -0.15) is 5.10 Å². The first kappa shape index (κ1) is 15.5. The van der Waals surface area contributed by atoms with Gasteiger partial charge < -0.3 is 5.32 Å².